The van der Waals surface area contributed by atoms with Crippen LogP contribution in [0.3, 0.4) is 0 Å². The lowest BCUT2D eigenvalue weighted by Crippen LogP contribution is -2.20. The second-order valence-corrected chi connectivity index (χ2v) is 5.59. The Labute approximate surface area is 133 Å². The number of hydrogen-bond donors (Lipinski definition) is 0. The second kappa shape index (κ2) is 7.38. The molecule has 21 heavy (non-hydrogen) atoms. The highest BCUT2D eigenvalue weighted by molar-refractivity contribution is 9.10. The van der Waals surface area contributed by atoms with E-state index in [-0.39, 0.29) is 5.78 Å². The third kappa shape index (κ3) is 4.41. The number of carbonyl (C=O) groups excluding carboxylic acids is 1. The first kappa shape index (κ1) is 15.7. The van der Waals surface area contributed by atoms with Crippen LogP contribution in [0.5, 0.6) is 5.75 Å². The van der Waals surface area contributed by atoms with Crippen molar-refractivity contribution in [2.24, 2.45) is 0 Å². The van der Waals surface area contributed by atoms with Gasteiger partial charge in [0.25, 0.3) is 0 Å². The number of ether oxygens (including phenoxy) is 2. The van der Waals surface area contributed by atoms with Crippen LogP contribution in [0.2, 0.25) is 0 Å². The molecule has 0 aliphatic carbocycles. The van der Waals surface area contributed by atoms with Crippen LogP contribution in [0.1, 0.15) is 22.8 Å². The average molecular weight is 349 g/mol. The molecule has 0 bridgehead atoms. The Morgan fingerprint density at radius 2 is 1.90 bits per heavy atom. The number of halogens is 1. The summed E-state index contributed by atoms with van der Waals surface area (Å²) in [6, 6.07) is 14.9. The normalized spacial score (nSPS) is 12.0. The zero-order valence-corrected chi connectivity index (χ0v) is 13.6. The Hall–Kier alpha value is -1.65. The minimum absolute atomic E-state index is 0.0228. The Morgan fingerprint density at radius 1 is 1.19 bits per heavy atom. The van der Waals surface area contributed by atoms with Gasteiger partial charge in [-0.1, -0.05) is 40.2 Å². The SMILES string of the molecule is COc1cccc(COC(C)C(=O)c2ccc(Br)cc2)c1. The van der Waals surface area contributed by atoms with E-state index in [9.17, 15) is 4.79 Å². The van der Waals surface area contributed by atoms with Crippen LogP contribution in [0.15, 0.2) is 53.0 Å². The van der Waals surface area contributed by atoms with Crippen LogP contribution >= 0.6 is 15.9 Å². The van der Waals surface area contributed by atoms with Crippen LogP contribution in [-0.2, 0) is 11.3 Å². The van der Waals surface area contributed by atoms with Gasteiger partial charge in [-0.3, -0.25) is 4.79 Å². The lowest BCUT2D eigenvalue weighted by Gasteiger charge is -2.13. The van der Waals surface area contributed by atoms with E-state index in [4.69, 9.17) is 9.47 Å². The van der Waals surface area contributed by atoms with Gasteiger partial charge in [-0.05, 0) is 36.8 Å². The molecule has 0 fully saturated rings. The third-order valence-electron chi connectivity index (χ3n) is 3.13. The number of carbonyl (C=O) groups is 1. The van der Waals surface area contributed by atoms with Gasteiger partial charge in [-0.15, -0.1) is 0 Å². The summed E-state index contributed by atoms with van der Waals surface area (Å²) in [5.41, 5.74) is 1.63. The molecule has 0 spiro atoms. The first-order valence-corrected chi connectivity index (χ1v) is 7.44. The molecule has 2 rings (SSSR count). The molecule has 0 saturated carbocycles. The topological polar surface area (TPSA) is 35.5 Å². The highest BCUT2D eigenvalue weighted by atomic mass is 79.9. The molecule has 0 radical (unpaired) electrons. The molecule has 0 aliphatic heterocycles. The first-order chi connectivity index (χ1) is 10.1. The van der Waals surface area contributed by atoms with Crippen molar-refractivity contribution >= 4 is 21.7 Å². The molecule has 0 heterocycles. The fourth-order valence-electron chi connectivity index (χ4n) is 1.91. The Kier molecular flexibility index (Phi) is 5.53. The molecule has 2 aromatic carbocycles. The highest BCUT2D eigenvalue weighted by Crippen LogP contribution is 2.16. The minimum atomic E-state index is -0.489. The number of ketones is 1. The summed E-state index contributed by atoms with van der Waals surface area (Å²) in [6.07, 6.45) is -0.489. The van der Waals surface area contributed by atoms with Crippen molar-refractivity contribution in [2.75, 3.05) is 7.11 Å². The Balaban J connectivity index is 1.96. The molecular formula is C17H17BrO3. The number of benzene rings is 2. The van der Waals surface area contributed by atoms with E-state index in [1.54, 1.807) is 26.2 Å². The summed E-state index contributed by atoms with van der Waals surface area (Å²) in [6.45, 7) is 2.14. The predicted octanol–water partition coefficient (Wildman–Crippen LogP) is 4.25. The van der Waals surface area contributed by atoms with Gasteiger partial charge in [0.15, 0.2) is 5.78 Å². The molecule has 1 unspecified atom stereocenters. The van der Waals surface area contributed by atoms with Crippen molar-refractivity contribution in [3.8, 4) is 5.75 Å². The van der Waals surface area contributed by atoms with E-state index in [1.165, 1.54) is 0 Å². The number of rotatable bonds is 6. The van der Waals surface area contributed by atoms with Crippen molar-refractivity contribution in [1.29, 1.82) is 0 Å². The molecular weight excluding hydrogens is 332 g/mol. The van der Waals surface area contributed by atoms with Crippen molar-refractivity contribution in [1.82, 2.24) is 0 Å². The lowest BCUT2D eigenvalue weighted by molar-refractivity contribution is 0.0412. The first-order valence-electron chi connectivity index (χ1n) is 6.64. The standard InChI is InChI=1S/C17H17BrO3/c1-12(17(19)14-6-8-15(18)9-7-14)21-11-13-4-3-5-16(10-13)20-2/h3-10,12H,11H2,1-2H3. The van der Waals surface area contributed by atoms with Gasteiger partial charge in [0.05, 0.1) is 13.7 Å². The van der Waals surface area contributed by atoms with Gasteiger partial charge in [-0.25, -0.2) is 0 Å². The van der Waals surface area contributed by atoms with Gasteiger partial charge >= 0.3 is 0 Å². The van der Waals surface area contributed by atoms with Crippen molar-refractivity contribution in [2.45, 2.75) is 19.6 Å². The maximum absolute atomic E-state index is 12.2. The highest BCUT2D eigenvalue weighted by Gasteiger charge is 2.15. The summed E-state index contributed by atoms with van der Waals surface area (Å²) in [5, 5.41) is 0. The summed E-state index contributed by atoms with van der Waals surface area (Å²) < 4.78 is 11.8. The zero-order valence-electron chi connectivity index (χ0n) is 12.0. The second-order valence-electron chi connectivity index (χ2n) is 4.68. The van der Waals surface area contributed by atoms with Gasteiger partial charge in [0.2, 0.25) is 0 Å². The molecule has 110 valence electrons. The van der Waals surface area contributed by atoms with Crippen LogP contribution in [0, 0.1) is 0 Å². The monoisotopic (exact) mass is 348 g/mol. The maximum Gasteiger partial charge on any atom is 0.191 e. The molecule has 0 aromatic heterocycles. The molecule has 2 aromatic rings. The smallest absolute Gasteiger partial charge is 0.191 e. The number of hydrogen-bond acceptors (Lipinski definition) is 3. The van der Waals surface area contributed by atoms with Crippen LogP contribution in [0.4, 0.5) is 0 Å². The fraction of sp³-hybridized carbons (Fsp3) is 0.235. The minimum Gasteiger partial charge on any atom is -0.497 e. The molecule has 0 aliphatic rings. The number of methoxy groups -OCH3 is 1. The van der Waals surface area contributed by atoms with Crippen molar-refractivity contribution in [3.63, 3.8) is 0 Å². The van der Waals surface area contributed by atoms with Crippen LogP contribution < -0.4 is 4.74 Å². The van der Waals surface area contributed by atoms with Crippen molar-refractivity contribution in [3.05, 3.63) is 64.1 Å². The third-order valence-corrected chi connectivity index (χ3v) is 3.66. The number of Topliss-reactive ketones (excluding diaryl/α,β-unsaturated/α-hetero) is 1. The van der Waals surface area contributed by atoms with Gasteiger partial charge in [0, 0.05) is 10.0 Å². The Morgan fingerprint density at radius 3 is 2.57 bits per heavy atom. The molecule has 0 N–H and O–H groups in total. The fourth-order valence-corrected chi connectivity index (χ4v) is 2.17. The molecule has 0 amide bonds. The van der Waals surface area contributed by atoms with Crippen LogP contribution in [-0.4, -0.2) is 19.0 Å². The quantitative estimate of drug-likeness (QED) is 0.732. The van der Waals surface area contributed by atoms with Gasteiger partial charge < -0.3 is 9.47 Å². The average Bonchev–Trinajstić information content (AvgIpc) is 2.53. The Bertz CT molecular complexity index is 608. The summed E-state index contributed by atoms with van der Waals surface area (Å²) in [5.74, 6) is 0.758. The van der Waals surface area contributed by atoms with Gasteiger partial charge in [-0.2, -0.15) is 0 Å². The lowest BCUT2D eigenvalue weighted by atomic mass is 10.1. The van der Waals surface area contributed by atoms with E-state index < -0.39 is 6.10 Å². The van der Waals surface area contributed by atoms with E-state index in [0.717, 1.165) is 15.8 Å². The van der Waals surface area contributed by atoms with Gasteiger partial charge in [0.1, 0.15) is 11.9 Å². The summed E-state index contributed by atoms with van der Waals surface area (Å²) in [7, 11) is 1.62. The zero-order chi connectivity index (χ0) is 15.2. The van der Waals surface area contributed by atoms with E-state index in [2.05, 4.69) is 15.9 Å². The summed E-state index contributed by atoms with van der Waals surface area (Å²) in [4.78, 5) is 12.2. The predicted molar refractivity (Wildman–Crippen MR) is 85.7 cm³/mol. The summed E-state index contributed by atoms with van der Waals surface area (Å²) >= 11 is 3.35. The molecule has 0 saturated heterocycles. The van der Waals surface area contributed by atoms with E-state index in [1.807, 2.05) is 36.4 Å². The molecule has 1 atom stereocenters. The largest absolute Gasteiger partial charge is 0.497 e. The van der Waals surface area contributed by atoms with E-state index in [0.29, 0.717) is 12.2 Å². The molecule has 4 heteroatoms. The van der Waals surface area contributed by atoms with Crippen molar-refractivity contribution < 1.29 is 14.3 Å². The van der Waals surface area contributed by atoms with Crippen LogP contribution in [0.25, 0.3) is 0 Å². The maximum atomic E-state index is 12.2. The van der Waals surface area contributed by atoms with E-state index >= 15 is 0 Å². The molecule has 3 nitrogen and oxygen atoms in total.